The standard InChI is InChI=1S/C15H14N4O2/c16-10-5-7-11(8-6-10)21-9-14(20)19-15-17-12-3-1-2-4-13(12)18-15/h1-8H,9,16H2,(H2,17,18,19,20). The van der Waals surface area contributed by atoms with Crippen LogP contribution in [0.2, 0.25) is 0 Å². The van der Waals surface area contributed by atoms with Crippen molar-refractivity contribution in [2.45, 2.75) is 0 Å². The molecular formula is C15H14N4O2. The molecule has 0 saturated carbocycles. The van der Waals surface area contributed by atoms with Crippen LogP contribution in [-0.2, 0) is 4.79 Å². The number of nitrogen functional groups attached to an aromatic ring is 1. The van der Waals surface area contributed by atoms with Gasteiger partial charge in [0.15, 0.2) is 6.61 Å². The van der Waals surface area contributed by atoms with E-state index in [1.54, 1.807) is 24.3 Å². The first-order valence-corrected chi connectivity index (χ1v) is 6.44. The van der Waals surface area contributed by atoms with E-state index in [1.807, 2.05) is 24.3 Å². The number of ether oxygens (including phenoxy) is 1. The van der Waals surface area contributed by atoms with E-state index < -0.39 is 0 Å². The molecule has 0 atom stereocenters. The predicted molar refractivity (Wildman–Crippen MR) is 81.1 cm³/mol. The molecule has 6 nitrogen and oxygen atoms in total. The van der Waals surface area contributed by atoms with E-state index in [2.05, 4.69) is 15.3 Å². The molecule has 1 amide bonds. The van der Waals surface area contributed by atoms with Crippen LogP contribution < -0.4 is 15.8 Å². The second kappa shape index (κ2) is 5.54. The van der Waals surface area contributed by atoms with Gasteiger partial charge in [0, 0.05) is 5.69 Å². The van der Waals surface area contributed by atoms with E-state index in [1.165, 1.54) is 0 Å². The number of aromatic nitrogens is 2. The summed E-state index contributed by atoms with van der Waals surface area (Å²) in [4.78, 5) is 19.1. The number of carbonyl (C=O) groups excluding carboxylic acids is 1. The molecule has 0 aliphatic carbocycles. The number of para-hydroxylation sites is 2. The number of imidazole rings is 1. The monoisotopic (exact) mass is 282 g/mol. The number of aromatic amines is 1. The highest BCUT2D eigenvalue weighted by Crippen LogP contribution is 2.14. The first-order valence-electron chi connectivity index (χ1n) is 6.44. The molecular weight excluding hydrogens is 268 g/mol. The van der Waals surface area contributed by atoms with Crippen molar-refractivity contribution in [2.24, 2.45) is 0 Å². The SMILES string of the molecule is Nc1ccc(OCC(=O)Nc2nc3ccccc3[nH]2)cc1. The third kappa shape index (κ3) is 3.11. The summed E-state index contributed by atoms with van der Waals surface area (Å²) in [6.45, 7) is -0.0963. The quantitative estimate of drug-likeness (QED) is 0.639. The van der Waals surface area contributed by atoms with Crippen molar-refractivity contribution in [2.75, 3.05) is 17.7 Å². The van der Waals surface area contributed by atoms with Crippen LogP contribution in [-0.4, -0.2) is 22.5 Å². The van der Waals surface area contributed by atoms with E-state index in [0.717, 1.165) is 11.0 Å². The molecule has 1 aromatic heterocycles. The van der Waals surface area contributed by atoms with Crippen LogP contribution in [0, 0.1) is 0 Å². The average Bonchev–Trinajstić information content (AvgIpc) is 2.88. The van der Waals surface area contributed by atoms with Gasteiger partial charge in [0.2, 0.25) is 5.95 Å². The van der Waals surface area contributed by atoms with Gasteiger partial charge in [-0.15, -0.1) is 0 Å². The first-order chi connectivity index (χ1) is 10.2. The number of nitrogens with two attached hydrogens (primary N) is 1. The highest BCUT2D eigenvalue weighted by Gasteiger charge is 2.07. The van der Waals surface area contributed by atoms with Crippen molar-refractivity contribution in [3.05, 3.63) is 48.5 Å². The zero-order valence-electron chi connectivity index (χ0n) is 11.2. The van der Waals surface area contributed by atoms with Crippen LogP contribution in [0.5, 0.6) is 5.75 Å². The number of carbonyl (C=O) groups is 1. The number of nitrogens with one attached hydrogen (secondary N) is 2. The summed E-state index contributed by atoms with van der Waals surface area (Å²) in [7, 11) is 0. The number of H-pyrrole nitrogens is 1. The van der Waals surface area contributed by atoms with Gasteiger partial charge in [-0.2, -0.15) is 0 Å². The van der Waals surface area contributed by atoms with Gasteiger partial charge >= 0.3 is 0 Å². The van der Waals surface area contributed by atoms with Gasteiger partial charge in [-0.25, -0.2) is 4.98 Å². The van der Waals surface area contributed by atoms with Gasteiger partial charge in [-0.3, -0.25) is 10.1 Å². The number of anilines is 2. The van der Waals surface area contributed by atoms with Crippen molar-refractivity contribution in [1.29, 1.82) is 0 Å². The molecule has 4 N–H and O–H groups in total. The minimum Gasteiger partial charge on any atom is -0.484 e. The Kier molecular flexibility index (Phi) is 3.42. The van der Waals surface area contributed by atoms with Crippen LogP contribution in [0.25, 0.3) is 11.0 Å². The normalized spacial score (nSPS) is 10.5. The van der Waals surface area contributed by atoms with E-state index >= 15 is 0 Å². The lowest BCUT2D eigenvalue weighted by Gasteiger charge is -2.05. The second-order valence-corrected chi connectivity index (χ2v) is 4.51. The third-order valence-electron chi connectivity index (χ3n) is 2.90. The molecule has 2 aromatic carbocycles. The fraction of sp³-hybridized carbons (Fsp3) is 0.0667. The van der Waals surface area contributed by atoms with Crippen molar-refractivity contribution < 1.29 is 9.53 Å². The van der Waals surface area contributed by atoms with Gasteiger partial charge in [0.1, 0.15) is 5.75 Å². The van der Waals surface area contributed by atoms with E-state index in [0.29, 0.717) is 17.4 Å². The molecule has 3 aromatic rings. The van der Waals surface area contributed by atoms with Crippen LogP contribution >= 0.6 is 0 Å². The average molecular weight is 282 g/mol. The van der Waals surface area contributed by atoms with E-state index in [9.17, 15) is 4.79 Å². The summed E-state index contributed by atoms with van der Waals surface area (Å²) in [5.74, 6) is 0.706. The number of benzene rings is 2. The van der Waals surface area contributed by atoms with E-state index in [4.69, 9.17) is 10.5 Å². The number of fused-ring (bicyclic) bond motifs is 1. The number of hydrogen-bond donors (Lipinski definition) is 3. The number of rotatable bonds is 4. The van der Waals surface area contributed by atoms with Crippen LogP contribution in [0.15, 0.2) is 48.5 Å². The third-order valence-corrected chi connectivity index (χ3v) is 2.90. The lowest BCUT2D eigenvalue weighted by Crippen LogP contribution is -2.20. The largest absolute Gasteiger partial charge is 0.484 e. The van der Waals surface area contributed by atoms with Crippen LogP contribution in [0.3, 0.4) is 0 Å². The highest BCUT2D eigenvalue weighted by molar-refractivity contribution is 5.92. The molecule has 0 unspecified atom stereocenters. The Bertz CT molecular complexity index is 732. The Morgan fingerprint density at radius 2 is 1.95 bits per heavy atom. The summed E-state index contributed by atoms with van der Waals surface area (Å²) in [5, 5.41) is 2.66. The van der Waals surface area contributed by atoms with Gasteiger partial charge in [0.05, 0.1) is 11.0 Å². The maximum atomic E-state index is 11.8. The molecule has 0 bridgehead atoms. The molecule has 0 aliphatic heterocycles. The summed E-state index contributed by atoms with van der Waals surface area (Å²) < 4.78 is 5.36. The van der Waals surface area contributed by atoms with Gasteiger partial charge in [-0.1, -0.05) is 12.1 Å². The smallest absolute Gasteiger partial charge is 0.264 e. The van der Waals surface area contributed by atoms with Crippen molar-refractivity contribution >= 4 is 28.6 Å². The zero-order valence-corrected chi connectivity index (χ0v) is 11.2. The Morgan fingerprint density at radius 3 is 2.71 bits per heavy atom. The summed E-state index contributed by atoms with van der Waals surface area (Å²) in [6, 6.07) is 14.4. The lowest BCUT2D eigenvalue weighted by molar-refractivity contribution is -0.118. The number of nitrogens with zero attached hydrogens (tertiary/aromatic N) is 1. The minimum atomic E-state index is -0.286. The van der Waals surface area contributed by atoms with Crippen molar-refractivity contribution in [3.63, 3.8) is 0 Å². The Morgan fingerprint density at radius 1 is 1.19 bits per heavy atom. The van der Waals surface area contributed by atoms with Crippen molar-refractivity contribution in [3.8, 4) is 5.75 Å². The van der Waals surface area contributed by atoms with Gasteiger partial charge in [-0.05, 0) is 36.4 Å². The fourth-order valence-corrected chi connectivity index (χ4v) is 1.89. The summed E-state index contributed by atoms with van der Waals surface area (Å²) in [6.07, 6.45) is 0. The maximum Gasteiger partial charge on any atom is 0.264 e. The molecule has 21 heavy (non-hydrogen) atoms. The molecule has 6 heteroatoms. The molecule has 0 fully saturated rings. The first kappa shape index (κ1) is 13.0. The van der Waals surface area contributed by atoms with Crippen LogP contribution in [0.1, 0.15) is 0 Å². The second-order valence-electron chi connectivity index (χ2n) is 4.51. The minimum absolute atomic E-state index is 0.0963. The summed E-state index contributed by atoms with van der Waals surface area (Å²) >= 11 is 0. The topological polar surface area (TPSA) is 93.0 Å². The predicted octanol–water partition coefficient (Wildman–Crippen LogP) is 2.16. The zero-order chi connectivity index (χ0) is 14.7. The summed E-state index contributed by atoms with van der Waals surface area (Å²) in [5.41, 5.74) is 7.89. The maximum absolute atomic E-state index is 11.8. The number of amides is 1. The molecule has 0 saturated heterocycles. The highest BCUT2D eigenvalue weighted by atomic mass is 16.5. The Hall–Kier alpha value is -3.02. The van der Waals surface area contributed by atoms with Crippen molar-refractivity contribution in [1.82, 2.24) is 9.97 Å². The lowest BCUT2D eigenvalue weighted by atomic mass is 10.3. The molecule has 0 aliphatic rings. The Labute approximate surface area is 120 Å². The molecule has 3 rings (SSSR count). The molecule has 106 valence electrons. The number of hydrogen-bond acceptors (Lipinski definition) is 4. The fourth-order valence-electron chi connectivity index (χ4n) is 1.89. The molecule has 0 spiro atoms. The molecule has 1 heterocycles. The van der Waals surface area contributed by atoms with E-state index in [-0.39, 0.29) is 12.5 Å². The van der Waals surface area contributed by atoms with Gasteiger partial charge < -0.3 is 15.5 Å². The Balaban J connectivity index is 1.59. The van der Waals surface area contributed by atoms with Crippen LogP contribution in [0.4, 0.5) is 11.6 Å². The molecule has 0 radical (unpaired) electrons. The van der Waals surface area contributed by atoms with Gasteiger partial charge in [0.25, 0.3) is 5.91 Å².